The third kappa shape index (κ3) is 2.33. The molecule has 1 heterocycles. The molecule has 2 N–H and O–H groups in total. The highest BCUT2D eigenvalue weighted by atomic mass is 16.4. The second-order valence-corrected chi connectivity index (χ2v) is 5.65. The molecule has 0 bridgehead atoms. The SMILES string of the molecule is CCn1cc(NC(=O)[C@@H]2[C@H](C(=O)O)C2(C)C)ccc1=O. The topological polar surface area (TPSA) is 88.4 Å². The zero-order valence-electron chi connectivity index (χ0n) is 11.7. The molecular weight excluding hydrogens is 260 g/mol. The number of anilines is 1. The van der Waals surface area contributed by atoms with E-state index in [2.05, 4.69) is 5.32 Å². The average molecular weight is 278 g/mol. The van der Waals surface area contributed by atoms with Crippen molar-refractivity contribution in [3.63, 3.8) is 0 Å². The van der Waals surface area contributed by atoms with Crippen molar-refractivity contribution in [2.24, 2.45) is 17.3 Å². The van der Waals surface area contributed by atoms with E-state index in [0.717, 1.165) is 0 Å². The van der Waals surface area contributed by atoms with Crippen molar-refractivity contribution in [3.8, 4) is 0 Å². The van der Waals surface area contributed by atoms with Crippen LogP contribution in [0.5, 0.6) is 0 Å². The first-order valence-electron chi connectivity index (χ1n) is 6.53. The second-order valence-electron chi connectivity index (χ2n) is 5.65. The molecule has 1 aliphatic rings. The number of carboxylic acids is 1. The van der Waals surface area contributed by atoms with Crippen molar-refractivity contribution >= 4 is 17.6 Å². The Kier molecular flexibility index (Phi) is 3.41. The smallest absolute Gasteiger partial charge is 0.307 e. The maximum absolute atomic E-state index is 12.1. The Hall–Kier alpha value is -2.11. The molecule has 6 nitrogen and oxygen atoms in total. The van der Waals surface area contributed by atoms with Gasteiger partial charge in [-0.15, -0.1) is 0 Å². The quantitative estimate of drug-likeness (QED) is 0.865. The van der Waals surface area contributed by atoms with Gasteiger partial charge in [-0.3, -0.25) is 14.4 Å². The lowest BCUT2D eigenvalue weighted by Gasteiger charge is -2.08. The van der Waals surface area contributed by atoms with Gasteiger partial charge in [0.05, 0.1) is 17.5 Å². The third-order valence-corrected chi connectivity index (χ3v) is 3.97. The van der Waals surface area contributed by atoms with Crippen LogP contribution in [0.15, 0.2) is 23.1 Å². The summed E-state index contributed by atoms with van der Waals surface area (Å²) in [5, 5.41) is 11.8. The Bertz CT molecular complexity index is 618. The molecule has 108 valence electrons. The largest absolute Gasteiger partial charge is 0.481 e. The van der Waals surface area contributed by atoms with E-state index < -0.39 is 23.2 Å². The molecule has 1 fully saturated rings. The molecule has 0 spiro atoms. The van der Waals surface area contributed by atoms with E-state index in [9.17, 15) is 14.4 Å². The number of aromatic nitrogens is 1. The van der Waals surface area contributed by atoms with Crippen molar-refractivity contribution in [2.75, 3.05) is 5.32 Å². The summed E-state index contributed by atoms with van der Waals surface area (Å²) in [6.45, 7) is 5.87. The molecule has 0 unspecified atom stereocenters. The monoisotopic (exact) mass is 278 g/mol. The van der Waals surface area contributed by atoms with Crippen LogP contribution in [0.25, 0.3) is 0 Å². The number of aliphatic carboxylic acids is 1. The van der Waals surface area contributed by atoms with Crippen molar-refractivity contribution in [1.82, 2.24) is 4.57 Å². The highest BCUT2D eigenvalue weighted by Crippen LogP contribution is 2.58. The normalized spacial score (nSPS) is 23.1. The fourth-order valence-electron chi connectivity index (χ4n) is 2.66. The number of hydrogen-bond acceptors (Lipinski definition) is 3. The highest BCUT2D eigenvalue weighted by molar-refractivity contribution is 5.99. The van der Waals surface area contributed by atoms with Gasteiger partial charge in [-0.1, -0.05) is 13.8 Å². The molecule has 2 rings (SSSR count). The lowest BCUT2D eigenvalue weighted by Crippen LogP contribution is -2.21. The molecule has 1 amide bonds. The Morgan fingerprint density at radius 3 is 2.50 bits per heavy atom. The number of aryl methyl sites for hydroxylation is 1. The zero-order chi connectivity index (χ0) is 15.1. The number of carbonyl (C=O) groups is 2. The standard InChI is InChI=1S/C14H18N2O4/c1-4-16-7-8(5-6-9(16)17)15-12(18)10-11(13(19)20)14(10,2)3/h5-7,10-11H,4H2,1-3H3,(H,15,18)(H,19,20)/t10-,11+/m0/s1. The van der Waals surface area contributed by atoms with Crippen LogP contribution < -0.4 is 10.9 Å². The zero-order valence-corrected chi connectivity index (χ0v) is 11.7. The van der Waals surface area contributed by atoms with E-state index in [1.165, 1.54) is 16.7 Å². The Labute approximate surface area is 116 Å². The van der Waals surface area contributed by atoms with Crippen LogP contribution in [-0.2, 0) is 16.1 Å². The third-order valence-electron chi connectivity index (χ3n) is 3.97. The highest BCUT2D eigenvalue weighted by Gasteiger charge is 2.65. The first kappa shape index (κ1) is 14.3. The van der Waals surface area contributed by atoms with Crippen molar-refractivity contribution in [3.05, 3.63) is 28.7 Å². The predicted molar refractivity (Wildman–Crippen MR) is 73.4 cm³/mol. The van der Waals surface area contributed by atoms with Crippen LogP contribution in [0.1, 0.15) is 20.8 Å². The van der Waals surface area contributed by atoms with Gasteiger partial charge in [-0.25, -0.2) is 0 Å². The summed E-state index contributed by atoms with van der Waals surface area (Å²) in [5.41, 5.74) is -0.168. The lowest BCUT2D eigenvalue weighted by molar-refractivity contribution is -0.140. The molecular formula is C14H18N2O4. The Balaban J connectivity index is 2.14. The molecule has 2 atom stereocenters. The van der Waals surface area contributed by atoms with E-state index >= 15 is 0 Å². The van der Waals surface area contributed by atoms with Crippen molar-refractivity contribution < 1.29 is 14.7 Å². The summed E-state index contributed by atoms with van der Waals surface area (Å²) in [4.78, 5) is 34.6. The molecule has 0 aromatic carbocycles. The van der Waals surface area contributed by atoms with Gasteiger partial charge >= 0.3 is 5.97 Å². The minimum atomic E-state index is -0.950. The van der Waals surface area contributed by atoms with Crippen LogP contribution >= 0.6 is 0 Å². The number of carbonyl (C=O) groups excluding carboxylic acids is 1. The summed E-state index contributed by atoms with van der Waals surface area (Å²) < 4.78 is 1.47. The summed E-state index contributed by atoms with van der Waals surface area (Å²) in [7, 11) is 0. The van der Waals surface area contributed by atoms with Gasteiger partial charge in [0.15, 0.2) is 0 Å². The molecule has 0 saturated heterocycles. The molecule has 1 saturated carbocycles. The van der Waals surface area contributed by atoms with Gasteiger partial charge in [0.2, 0.25) is 5.91 Å². The molecule has 20 heavy (non-hydrogen) atoms. The maximum Gasteiger partial charge on any atom is 0.307 e. The van der Waals surface area contributed by atoms with Crippen LogP contribution in [0.4, 0.5) is 5.69 Å². The summed E-state index contributed by atoms with van der Waals surface area (Å²) >= 11 is 0. The van der Waals surface area contributed by atoms with Gasteiger partial charge in [-0.2, -0.15) is 0 Å². The maximum atomic E-state index is 12.1. The average Bonchev–Trinajstić information content (AvgIpc) is 2.95. The molecule has 0 radical (unpaired) electrons. The molecule has 0 aliphatic heterocycles. The van der Waals surface area contributed by atoms with Crippen molar-refractivity contribution in [1.29, 1.82) is 0 Å². The fourth-order valence-corrected chi connectivity index (χ4v) is 2.66. The molecule has 1 aliphatic carbocycles. The van der Waals surface area contributed by atoms with Gasteiger partial charge in [0, 0.05) is 18.8 Å². The van der Waals surface area contributed by atoms with E-state index in [1.807, 2.05) is 6.92 Å². The number of nitrogens with zero attached hydrogens (tertiary/aromatic N) is 1. The Morgan fingerprint density at radius 2 is 2.00 bits per heavy atom. The van der Waals surface area contributed by atoms with E-state index in [1.54, 1.807) is 20.0 Å². The van der Waals surface area contributed by atoms with Crippen LogP contribution in [0.2, 0.25) is 0 Å². The molecule has 1 aromatic rings. The van der Waals surface area contributed by atoms with Crippen LogP contribution in [0, 0.1) is 17.3 Å². The number of amides is 1. The fraction of sp³-hybridized carbons (Fsp3) is 0.500. The van der Waals surface area contributed by atoms with Gasteiger partial charge in [0.1, 0.15) is 0 Å². The van der Waals surface area contributed by atoms with E-state index in [-0.39, 0.29) is 11.5 Å². The minimum Gasteiger partial charge on any atom is -0.481 e. The number of hydrogen-bond donors (Lipinski definition) is 2. The summed E-state index contributed by atoms with van der Waals surface area (Å²) in [5.74, 6) is -2.46. The first-order valence-corrected chi connectivity index (χ1v) is 6.53. The second kappa shape index (κ2) is 4.77. The summed E-state index contributed by atoms with van der Waals surface area (Å²) in [6, 6.07) is 2.91. The molecule has 1 aromatic heterocycles. The van der Waals surface area contributed by atoms with Gasteiger partial charge in [0.25, 0.3) is 5.56 Å². The molecule has 6 heteroatoms. The predicted octanol–water partition coefficient (Wildman–Crippen LogP) is 1.16. The van der Waals surface area contributed by atoms with Gasteiger partial charge in [-0.05, 0) is 18.4 Å². The number of rotatable bonds is 4. The number of carboxylic acid groups (broad SMARTS) is 1. The number of nitrogens with one attached hydrogen (secondary N) is 1. The van der Waals surface area contributed by atoms with Crippen molar-refractivity contribution in [2.45, 2.75) is 27.3 Å². The van der Waals surface area contributed by atoms with E-state index in [4.69, 9.17) is 5.11 Å². The lowest BCUT2D eigenvalue weighted by atomic mass is 10.1. The number of pyridine rings is 1. The van der Waals surface area contributed by atoms with Crippen LogP contribution in [-0.4, -0.2) is 21.6 Å². The summed E-state index contributed by atoms with van der Waals surface area (Å²) in [6.07, 6.45) is 1.56. The van der Waals surface area contributed by atoms with Gasteiger partial charge < -0.3 is 15.0 Å². The van der Waals surface area contributed by atoms with E-state index in [0.29, 0.717) is 12.2 Å². The van der Waals surface area contributed by atoms with Crippen LogP contribution in [0.3, 0.4) is 0 Å². The Morgan fingerprint density at radius 1 is 1.35 bits per heavy atom. The minimum absolute atomic E-state index is 0.138. The first-order chi connectivity index (χ1) is 9.28.